The van der Waals surface area contributed by atoms with E-state index < -0.39 is 0 Å². The number of carbonyl (C=O) groups is 2. The van der Waals surface area contributed by atoms with Gasteiger partial charge < -0.3 is 15.5 Å². The molecule has 2 fully saturated rings. The Morgan fingerprint density at radius 3 is 2.52 bits per heavy atom. The molecule has 2 saturated heterocycles. The predicted octanol–water partition coefficient (Wildman–Crippen LogP) is 2.02. The molecule has 2 aliphatic heterocycles. The molecular weight excluding hydrogens is 358 g/mol. The zero-order valence-corrected chi connectivity index (χ0v) is 16.3. The topological polar surface area (TPSA) is 61.4 Å². The van der Waals surface area contributed by atoms with Gasteiger partial charge >= 0.3 is 0 Å². The maximum Gasteiger partial charge on any atom is 0.255 e. The molecule has 0 unspecified atom stereocenters. The Balaban J connectivity index is 0.00000225. The molecule has 0 spiro atoms. The fourth-order valence-electron chi connectivity index (χ4n) is 3.47. The van der Waals surface area contributed by atoms with E-state index in [9.17, 15) is 9.59 Å². The second-order valence-corrected chi connectivity index (χ2v) is 7.91. The summed E-state index contributed by atoms with van der Waals surface area (Å²) in [6, 6.07) is 7.75. The third-order valence-electron chi connectivity index (χ3n) is 4.60. The van der Waals surface area contributed by atoms with Crippen LogP contribution in [0.1, 0.15) is 24.2 Å². The lowest BCUT2D eigenvalue weighted by atomic mass is 10.0. The third kappa shape index (κ3) is 4.90. The van der Waals surface area contributed by atoms with Gasteiger partial charge in [0.05, 0.1) is 11.3 Å². The molecule has 3 rings (SSSR count). The van der Waals surface area contributed by atoms with Gasteiger partial charge in [0.2, 0.25) is 5.91 Å². The molecule has 7 heteroatoms. The Morgan fingerprint density at radius 2 is 1.88 bits per heavy atom. The van der Waals surface area contributed by atoms with Crippen molar-refractivity contribution >= 4 is 36.0 Å². The van der Waals surface area contributed by atoms with Crippen molar-refractivity contribution in [2.45, 2.75) is 24.8 Å². The molecule has 2 heterocycles. The molecule has 0 radical (unpaired) electrons. The second kappa shape index (κ2) is 8.92. The van der Waals surface area contributed by atoms with E-state index in [1.807, 2.05) is 43.0 Å². The summed E-state index contributed by atoms with van der Waals surface area (Å²) in [7, 11) is 0. The van der Waals surface area contributed by atoms with Crippen LogP contribution in [0.4, 0.5) is 0 Å². The van der Waals surface area contributed by atoms with Crippen molar-refractivity contribution in [1.29, 1.82) is 0 Å². The van der Waals surface area contributed by atoms with Gasteiger partial charge in [-0.3, -0.25) is 9.59 Å². The molecule has 0 bridgehead atoms. The van der Waals surface area contributed by atoms with Crippen LogP contribution in [0.5, 0.6) is 0 Å². The number of likely N-dealkylation sites (tertiary alicyclic amines) is 1. The molecule has 2 amide bonds. The van der Waals surface area contributed by atoms with E-state index in [1.165, 1.54) is 11.8 Å². The van der Waals surface area contributed by atoms with E-state index in [0.717, 1.165) is 31.1 Å². The standard InChI is InChI=1S/C18H25N3O2S.ClH/c1-12(2)20-17(22)11-24-16-6-4-3-5-15(16)18(23)21-9-13-7-19-8-14(13)10-21;/h3-6,12-14,19H,7-11H2,1-2H3,(H,20,22);1H/t13-,14+;. The summed E-state index contributed by atoms with van der Waals surface area (Å²) in [4.78, 5) is 27.6. The Kier molecular flexibility index (Phi) is 7.16. The summed E-state index contributed by atoms with van der Waals surface area (Å²) in [5.74, 6) is 1.60. The molecule has 2 N–H and O–H groups in total. The maximum absolute atomic E-state index is 12.9. The smallest absolute Gasteiger partial charge is 0.255 e. The molecule has 2 atom stereocenters. The number of halogens is 1. The SMILES string of the molecule is CC(C)NC(=O)CSc1ccccc1C(=O)N1C[C@H]2CNC[C@H]2C1.Cl. The number of hydrogen-bond acceptors (Lipinski definition) is 4. The van der Waals surface area contributed by atoms with Gasteiger partial charge in [-0.1, -0.05) is 12.1 Å². The van der Waals surface area contributed by atoms with Crippen LogP contribution in [0, 0.1) is 11.8 Å². The largest absolute Gasteiger partial charge is 0.353 e. The molecule has 2 aliphatic rings. The first kappa shape index (κ1) is 20.1. The van der Waals surface area contributed by atoms with E-state index in [0.29, 0.717) is 23.2 Å². The average molecular weight is 384 g/mol. The first-order valence-corrected chi connectivity index (χ1v) is 9.54. The van der Waals surface area contributed by atoms with Crippen LogP contribution in [-0.2, 0) is 4.79 Å². The second-order valence-electron chi connectivity index (χ2n) is 6.90. The van der Waals surface area contributed by atoms with Gasteiger partial charge in [-0.15, -0.1) is 24.2 Å². The van der Waals surface area contributed by atoms with Crippen LogP contribution >= 0.6 is 24.2 Å². The highest BCUT2D eigenvalue weighted by Crippen LogP contribution is 2.30. The molecule has 0 saturated carbocycles. The van der Waals surface area contributed by atoms with Crippen molar-refractivity contribution in [3.8, 4) is 0 Å². The van der Waals surface area contributed by atoms with E-state index in [4.69, 9.17) is 0 Å². The van der Waals surface area contributed by atoms with Crippen molar-refractivity contribution in [2.24, 2.45) is 11.8 Å². The van der Waals surface area contributed by atoms with E-state index in [2.05, 4.69) is 10.6 Å². The van der Waals surface area contributed by atoms with Crippen LogP contribution in [0.3, 0.4) is 0 Å². The molecule has 1 aromatic rings. The van der Waals surface area contributed by atoms with Crippen molar-refractivity contribution in [3.05, 3.63) is 29.8 Å². The summed E-state index contributed by atoms with van der Waals surface area (Å²) in [6.07, 6.45) is 0. The average Bonchev–Trinajstić information content (AvgIpc) is 3.13. The number of thioether (sulfide) groups is 1. The lowest BCUT2D eigenvalue weighted by Crippen LogP contribution is -2.32. The van der Waals surface area contributed by atoms with Crippen LogP contribution in [0.25, 0.3) is 0 Å². The number of amides is 2. The Hall–Kier alpha value is -1.24. The minimum Gasteiger partial charge on any atom is -0.353 e. The summed E-state index contributed by atoms with van der Waals surface area (Å²) in [5, 5.41) is 6.28. The maximum atomic E-state index is 12.9. The number of hydrogen-bond donors (Lipinski definition) is 2. The molecule has 0 aromatic heterocycles. The Labute approximate surface area is 159 Å². The fourth-order valence-corrected chi connectivity index (χ4v) is 4.32. The quantitative estimate of drug-likeness (QED) is 0.763. The predicted molar refractivity (Wildman–Crippen MR) is 103 cm³/mol. The molecular formula is C18H26ClN3O2S. The first-order valence-electron chi connectivity index (χ1n) is 8.55. The fraction of sp³-hybridized carbons (Fsp3) is 0.556. The number of nitrogens with zero attached hydrogens (tertiary/aromatic N) is 1. The highest BCUT2D eigenvalue weighted by Gasteiger charge is 2.38. The minimum absolute atomic E-state index is 0. The normalized spacial score (nSPS) is 21.8. The van der Waals surface area contributed by atoms with Gasteiger partial charge in [0.15, 0.2) is 0 Å². The number of benzene rings is 1. The van der Waals surface area contributed by atoms with E-state index >= 15 is 0 Å². The van der Waals surface area contributed by atoms with E-state index in [-0.39, 0.29) is 30.3 Å². The molecule has 25 heavy (non-hydrogen) atoms. The van der Waals surface area contributed by atoms with Crippen LogP contribution in [0.2, 0.25) is 0 Å². The van der Waals surface area contributed by atoms with Gasteiger partial charge in [0.25, 0.3) is 5.91 Å². The third-order valence-corrected chi connectivity index (χ3v) is 5.68. The first-order chi connectivity index (χ1) is 11.5. The zero-order chi connectivity index (χ0) is 17.1. The van der Waals surface area contributed by atoms with Crippen molar-refractivity contribution in [3.63, 3.8) is 0 Å². The summed E-state index contributed by atoms with van der Waals surface area (Å²) >= 11 is 1.43. The highest BCUT2D eigenvalue weighted by molar-refractivity contribution is 8.00. The minimum atomic E-state index is -0.000897. The van der Waals surface area contributed by atoms with E-state index in [1.54, 1.807) is 0 Å². The van der Waals surface area contributed by atoms with Crippen LogP contribution in [-0.4, -0.2) is 54.7 Å². The molecule has 138 valence electrons. The molecule has 5 nitrogen and oxygen atoms in total. The summed E-state index contributed by atoms with van der Waals surface area (Å²) in [5.41, 5.74) is 0.716. The Bertz CT molecular complexity index is 614. The van der Waals surface area contributed by atoms with Gasteiger partial charge in [0, 0.05) is 37.1 Å². The molecule has 1 aromatic carbocycles. The number of rotatable bonds is 5. The van der Waals surface area contributed by atoms with Crippen LogP contribution in [0.15, 0.2) is 29.2 Å². The summed E-state index contributed by atoms with van der Waals surface area (Å²) in [6.45, 7) is 7.59. The van der Waals surface area contributed by atoms with Gasteiger partial charge in [-0.2, -0.15) is 0 Å². The summed E-state index contributed by atoms with van der Waals surface area (Å²) < 4.78 is 0. The highest BCUT2D eigenvalue weighted by atomic mass is 35.5. The Morgan fingerprint density at radius 1 is 1.24 bits per heavy atom. The monoisotopic (exact) mass is 383 g/mol. The van der Waals surface area contributed by atoms with Gasteiger partial charge in [0.1, 0.15) is 0 Å². The molecule has 0 aliphatic carbocycles. The zero-order valence-electron chi connectivity index (χ0n) is 14.7. The van der Waals surface area contributed by atoms with Crippen LogP contribution < -0.4 is 10.6 Å². The van der Waals surface area contributed by atoms with Crippen molar-refractivity contribution in [2.75, 3.05) is 31.9 Å². The van der Waals surface area contributed by atoms with Crippen molar-refractivity contribution in [1.82, 2.24) is 15.5 Å². The lowest BCUT2D eigenvalue weighted by molar-refractivity contribution is -0.119. The number of nitrogens with one attached hydrogen (secondary N) is 2. The van der Waals surface area contributed by atoms with Gasteiger partial charge in [-0.05, 0) is 37.8 Å². The van der Waals surface area contributed by atoms with Gasteiger partial charge in [-0.25, -0.2) is 0 Å². The number of carbonyl (C=O) groups excluding carboxylic acids is 2. The lowest BCUT2D eigenvalue weighted by Gasteiger charge is -2.19. The number of fused-ring (bicyclic) bond motifs is 1. The van der Waals surface area contributed by atoms with Crippen molar-refractivity contribution < 1.29 is 9.59 Å².